The van der Waals surface area contributed by atoms with E-state index in [4.69, 9.17) is 16.3 Å². The van der Waals surface area contributed by atoms with Gasteiger partial charge in [0.25, 0.3) is 5.91 Å². The van der Waals surface area contributed by atoms with Gasteiger partial charge in [0.2, 0.25) is 5.91 Å². The Balaban J connectivity index is 0.00000306. The molecule has 1 saturated heterocycles. The SMILES string of the molecule is Cc1ccc(C2=NNC(=O)C2)cc1C(=O)NC[C@@H]1CNCCO[C@H]1c1ccc(Cl)c(F)c1.Cl. The van der Waals surface area contributed by atoms with Crippen molar-refractivity contribution in [1.29, 1.82) is 0 Å². The smallest absolute Gasteiger partial charge is 0.251 e. The first-order valence-electron chi connectivity index (χ1n) is 10.4. The average Bonchev–Trinajstić information content (AvgIpc) is 3.08. The molecule has 176 valence electrons. The van der Waals surface area contributed by atoms with E-state index in [1.807, 2.05) is 19.1 Å². The molecule has 33 heavy (non-hydrogen) atoms. The minimum absolute atomic E-state index is 0. The van der Waals surface area contributed by atoms with Crippen LogP contribution in [0.25, 0.3) is 0 Å². The summed E-state index contributed by atoms with van der Waals surface area (Å²) in [6.45, 7) is 3.96. The molecule has 3 N–H and O–H groups in total. The summed E-state index contributed by atoms with van der Waals surface area (Å²) < 4.78 is 20.0. The number of aryl methyl sites for hydroxylation is 1. The Morgan fingerprint density at radius 2 is 2.12 bits per heavy atom. The predicted molar refractivity (Wildman–Crippen MR) is 127 cm³/mol. The number of hydrogen-bond acceptors (Lipinski definition) is 5. The normalized spacial score (nSPS) is 20.3. The Hall–Kier alpha value is -2.52. The van der Waals surface area contributed by atoms with Gasteiger partial charge in [-0.3, -0.25) is 9.59 Å². The Kier molecular flexibility index (Phi) is 8.42. The summed E-state index contributed by atoms with van der Waals surface area (Å²) in [5, 5.41) is 10.4. The van der Waals surface area contributed by atoms with E-state index in [0.717, 1.165) is 11.1 Å². The van der Waals surface area contributed by atoms with E-state index in [1.165, 1.54) is 12.1 Å². The van der Waals surface area contributed by atoms with Crippen LogP contribution in [0.2, 0.25) is 5.02 Å². The van der Waals surface area contributed by atoms with E-state index in [2.05, 4.69) is 21.2 Å². The number of hydrogen-bond donors (Lipinski definition) is 3. The zero-order valence-electron chi connectivity index (χ0n) is 18.0. The van der Waals surface area contributed by atoms with Gasteiger partial charge in [0.1, 0.15) is 5.82 Å². The number of halogens is 3. The number of nitrogens with one attached hydrogen (secondary N) is 3. The molecule has 0 bridgehead atoms. The molecule has 0 saturated carbocycles. The second-order valence-electron chi connectivity index (χ2n) is 7.94. The van der Waals surface area contributed by atoms with Gasteiger partial charge in [-0.05, 0) is 41.8 Å². The molecule has 1 fully saturated rings. The lowest BCUT2D eigenvalue weighted by Crippen LogP contribution is -2.36. The maximum atomic E-state index is 14.0. The fourth-order valence-corrected chi connectivity index (χ4v) is 4.04. The van der Waals surface area contributed by atoms with Crippen LogP contribution < -0.4 is 16.1 Å². The highest BCUT2D eigenvalue weighted by molar-refractivity contribution is 6.30. The maximum absolute atomic E-state index is 14.0. The molecule has 2 aliphatic rings. The molecular formula is C23H25Cl2FN4O3. The Labute approximate surface area is 202 Å². The number of carbonyl (C=O) groups excluding carboxylic acids is 2. The summed E-state index contributed by atoms with van der Waals surface area (Å²) in [4.78, 5) is 24.4. The summed E-state index contributed by atoms with van der Waals surface area (Å²) >= 11 is 5.83. The van der Waals surface area contributed by atoms with E-state index >= 15 is 0 Å². The Bertz CT molecular complexity index is 1080. The van der Waals surface area contributed by atoms with Gasteiger partial charge in [-0.2, -0.15) is 5.10 Å². The first kappa shape index (κ1) is 25.1. The largest absolute Gasteiger partial charge is 0.372 e. The highest BCUT2D eigenvalue weighted by Gasteiger charge is 2.28. The standard InChI is InChI=1S/C23H24ClFN4O3.ClH/c1-13-2-3-14(20-10-21(30)29-28-20)8-17(13)23(31)27-12-16-11-26-6-7-32-22(16)15-4-5-18(24)19(25)9-15;/h2-5,8-9,16,22,26H,6-7,10-12H2,1H3,(H,27,31)(H,29,30);1H/t16-,22-;/m0./s1. The van der Waals surface area contributed by atoms with Crippen molar-refractivity contribution in [2.45, 2.75) is 19.4 Å². The second kappa shape index (κ2) is 11.1. The molecule has 7 nitrogen and oxygen atoms in total. The summed E-state index contributed by atoms with van der Waals surface area (Å²) in [6, 6.07) is 10.1. The molecule has 0 spiro atoms. The predicted octanol–water partition coefficient (Wildman–Crippen LogP) is 3.14. The van der Waals surface area contributed by atoms with E-state index in [1.54, 1.807) is 12.1 Å². The zero-order chi connectivity index (χ0) is 22.7. The molecule has 0 radical (unpaired) electrons. The van der Waals surface area contributed by atoms with Crippen LogP contribution in [0.4, 0.5) is 4.39 Å². The molecule has 0 aromatic heterocycles. The minimum Gasteiger partial charge on any atom is -0.372 e. The summed E-state index contributed by atoms with van der Waals surface area (Å²) in [6.07, 6.45) is -0.191. The number of benzene rings is 2. The van der Waals surface area contributed by atoms with Crippen molar-refractivity contribution in [2.75, 3.05) is 26.2 Å². The summed E-state index contributed by atoms with van der Waals surface area (Å²) in [7, 11) is 0. The van der Waals surface area contributed by atoms with Crippen LogP contribution in [0.5, 0.6) is 0 Å². The maximum Gasteiger partial charge on any atom is 0.251 e. The minimum atomic E-state index is -0.497. The number of rotatable bonds is 5. The molecule has 2 aromatic rings. The van der Waals surface area contributed by atoms with Crippen LogP contribution in [0.3, 0.4) is 0 Å². The van der Waals surface area contributed by atoms with E-state index in [-0.39, 0.29) is 47.7 Å². The zero-order valence-corrected chi connectivity index (χ0v) is 19.6. The third-order valence-electron chi connectivity index (χ3n) is 5.67. The van der Waals surface area contributed by atoms with Crippen LogP contribution in [-0.2, 0) is 9.53 Å². The van der Waals surface area contributed by atoms with Crippen LogP contribution >= 0.6 is 24.0 Å². The monoisotopic (exact) mass is 494 g/mol. The Morgan fingerprint density at radius 1 is 1.30 bits per heavy atom. The van der Waals surface area contributed by atoms with Crippen molar-refractivity contribution in [1.82, 2.24) is 16.1 Å². The van der Waals surface area contributed by atoms with Crippen molar-refractivity contribution in [3.63, 3.8) is 0 Å². The van der Waals surface area contributed by atoms with Gasteiger partial charge in [0.05, 0.1) is 29.9 Å². The van der Waals surface area contributed by atoms with Gasteiger partial charge in [0, 0.05) is 31.1 Å². The molecule has 4 rings (SSSR count). The van der Waals surface area contributed by atoms with Crippen molar-refractivity contribution < 1.29 is 18.7 Å². The summed E-state index contributed by atoms with van der Waals surface area (Å²) in [5.74, 6) is -1.00. The molecule has 2 heterocycles. The number of hydrazone groups is 1. The van der Waals surface area contributed by atoms with E-state index in [9.17, 15) is 14.0 Å². The molecule has 2 amide bonds. The van der Waals surface area contributed by atoms with E-state index in [0.29, 0.717) is 43.1 Å². The highest BCUT2D eigenvalue weighted by Crippen LogP contribution is 2.29. The highest BCUT2D eigenvalue weighted by atomic mass is 35.5. The quantitative estimate of drug-likeness (QED) is 0.595. The van der Waals surface area contributed by atoms with Crippen LogP contribution in [0.15, 0.2) is 41.5 Å². The number of amides is 2. The van der Waals surface area contributed by atoms with Gasteiger partial charge in [-0.1, -0.05) is 29.8 Å². The molecule has 2 aromatic carbocycles. The lowest BCUT2D eigenvalue weighted by molar-refractivity contribution is -0.119. The van der Waals surface area contributed by atoms with Crippen molar-refractivity contribution in [3.05, 3.63) is 69.5 Å². The fourth-order valence-electron chi connectivity index (χ4n) is 3.92. The third-order valence-corrected chi connectivity index (χ3v) is 5.97. The summed E-state index contributed by atoms with van der Waals surface area (Å²) in [5.41, 5.74) is 5.78. The van der Waals surface area contributed by atoms with Gasteiger partial charge in [-0.25, -0.2) is 9.82 Å². The van der Waals surface area contributed by atoms with Crippen molar-refractivity contribution in [2.24, 2.45) is 11.0 Å². The van der Waals surface area contributed by atoms with Crippen molar-refractivity contribution in [3.8, 4) is 0 Å². The fraction of sp³-hybridized carbons (Fsp3) is 0.348. The molecule has 0 aliphatic carbocycles. The topological polar surface area (TPSA) is 91.8 Å². The number of carbonyl (C=O) groups is 2. The molecule has 2 atom stereocenters. The van der Waals surface area contributed by atoms with Gasteiger partial charge in [0.15, 0.2) is 0 Å². The first-order chi connectivity index (χ1) is 15.4. The second-order valence-corrected chi connectivity index (χ2v) is 8.35. The molecule has 10 heteroatoms. The lowest BCUT2D eigenvalue weighted by atomic mass is 9.94. The molecule has 0 unspecified atom stereocenters. The number of nitrogens with zero attached hydrogens (tertiary/aromatic N) is 1. The van der Waals surface area contributed by atoms with Gasteiger partial charge >= 0.3 is 0 Å². The first-order valence-corrected chi connectivity index (χ1v) is 10.8. The Morgan fingerprint density at radius 3 is 2.85 bits per heavy atom. The average molecular weight is 495 g/mol. The molecular weight excluding hydrogens is 470 g/mol. The van der Waals surface area contributed by atoms with E-state index < -0.39 is 5.82 Å². The van der Waals surface area contributed by atoms with Gasteiger partial charge in [-0.15, -0.1) is 12.4 Å². The molecule has 2 aliphatic heterocycles. The third kappa shape index (κ3) is 5.89. The van der Waals surface area contributed by atoms with Crippen molar-refractivity contribution >= 4 is 41.5 Å². The van der Waals surface area contributed by atoms with Crippen LogP contribution in [-0.4, -0.2) is 43.8 Å². The van der Waals surface area contributed by atoms with Crippen LogP contribution in [0, 0.1) is 18.7 Å². The number of ether oxygens (including phenoxy) is 1. The van der Waals surface area contributed by atoms with Crippen LogP contribution in [0.1, 0.15) is 39.6 Å². The lowest BCUT2D eigenvalue weighted by Gasteiger charge is -2.25. The van der Waals surface area contributed by atoms with Gasteiger partial charge < -0.3 is 15.4 Å².